The molecule has 7 nitrogen and oxygen atoms in total. The Hall–Kier alpha value is -2.25. The smallest absolute Gasteiger partial charge is 0.412 e. The molecule has 3 N–H and O–H groups in total. The number of aromatic nitrogens is 1. The topological polar surface area (TPSA) is 92.5 Å². The van der Waals surface area contributed by atoms with Crippen molar-refractivity contribution >= 4 is 41.1 Å². The quantitative estimate of drug-likeness (QED) is 0.694. The highest BCUT2D eigenvalue weighted by Crippen LogP contribution is 2.34. The van der Waals surface area contributed by atoms with Crippen LogP contribution >= 0.6 is 12.4 Å². The third-order valence-electron chi connectivity index (χ3n) is 4.05. The Morgan fingerprint density at radius 2 is 2.00 bits per heavy atom. The molecule has 142 valence electrons. The summed E-state index contributed by atoms with van der Waals surface area (Å²) >= 11 is 0. The number of fused-ring (bicyclic) bond motifs is 3. The van der Waals surface area contributed by atoms with Crippen LogP contribution in [0.4, 0.5) is 10.5 Å². The first-order valence-electron chi connectivity index (χ1n) is 8.21. The molecular weight excluding hydrogens is 358 g/mol. The predicted molar refractivity (Wildman–Crippen MR) is 102 cm³/mol. The largest absolute Gasteiger partial charge is 0.469 e. The zero-order valence-electron chi connectivity index (χ0n) is 15.3. The first-order valence-corrected chi connectivity index (χ1v) is 8.21. The van der Waals surface area contributed by atoms with Crippen LogP contribution in [0, 0.1) is 0 Å². The van der Waals surface area contributed by atoms with Crippen LogP contribution in [0.15, 0.2) is 18.2 Å². The van der Waals surface area contributed by atoms with Gasteiger partial charge in [-0.2, -0.15) is 0 Å². The van der Waals surface area contributed by atoms with E-state index in [1.807, 2.05) is 32.9 Å². The fourth-order valence-electron chi connectivity index (χ4n) is 3.10. The molecule has 2 heterocycles. The number of nitrogens with one attached hydrogen (secondary N) is 3. The van der Waals surface area contributed by atoms with Crippen LogP contribution in [-0.4, -0.2) is 36.3 Å². The number of benzene rings is 1. The number of rotatable bonds is 2. The maximum Gasteiger partial charge on any atom is 0.412 e. The average Bonchev–Trinajstić information content (AvgIpc) is 2.89. The third kappa shape index (κ3) is 4.11. The Morgan fingerprint density at radius 1 is 1.27 bits per heavy atom. The van der Waals surface area contributed by atoms with E-state index in [9.17, 15) is 9.59 Å². The minimum absolute atomic E-state index is 0. The van der Waals surface area contributed by atoms with E-state index in [2.05, 4.69) is 15.6 Å². The number of ether oxygens (including phenoxy) is 2. The highest BCUT2D eigenvalue weighted by molar-refractivity contribution is 5.95. The van der Waals surface area contributed by atoms with Crippen molar-refractivity contribution in [1.82, 2.24) is 10.3 Å². The van der Waals surface area contributed by atoms with Gasteiger partial charge < -0.3 is 19.8 Å². The van der Waals surface area contributed by atoms with Gasteiger partial charge in [0.2, 0.25) is 0 Å². The van der Waals surface area contributed by atoms with Crippen LogP contribution in [0.5, 0.6) is 0 Å². The van der Waals surface area contributed by atoms with Gasteiger partial charge in [-0.3, -0.25) is 10.1 Å². The SMILES string of the molecule is COC(=O)C1CNCc2[nH]c3cc(NC(=O)OC(C)(C)C)ccc3c21.Cl. The molecule has 1 aliphatic heterocycles. The maximum absolute atomic E-state index is 12.1. The molecule has 1 aromatic carbocycles. The highest BCUT2D eigenvalue weighted by atomic mass is 35.5. The summed E-state index contributed by atoms with van der Waals surface area (Å²) in [4.78, 5) is 27.3. The second kappa shape index (κ2) is 7.55. The van der Waals surface area contributed by atoms with Crippen molar-refractivity contribution in [3.63, 3.8) is 0 Å². The molecule has 0 radical (unpaired) electrons. The van der Waals surface area contributed by atoms with Crippen LogP contribution in [0.1, 0.15) is 37.9 Å². The summed E-state index contributed by atoms with van der Waals surface area (Å²) in [5.74, 6) is -0.600. The lowest BCUT2D eigenvalue weighted by molar-refractivity contribution is -0.142. The summed E-state index contributed by atoms with van der Waals surface area (Å²) in [5, 5.41) is 6.91. The highest BCUT2D eigenvalue weighted by Gasteiger charge is 2.30. The standard InChI is InChI=1S/C18H23N3O4.ClH/c1-18(2,3)25-17(23)20-10-5-6-11-13(7-10)21-14-9-19-8-12(15(11)14)16(22)24-4;/h5-7,12,19,21H,8-9H2,1-4H3,(H,20,23);1H. The van der Waals surface area contributed by atoms with Crippen LogP contribution < -0.4 is 10.6 Å². The van der Waals surface area contributed by atoms with Gasteiger partial charge in [0.05, 0.1) is 13.0 Å². The summed E-state index contributed by atoms with van der Waals surface area (Å²) < 4.78 is 10.2. The second-order valence-corrected chi connectivity index (χ2v) is 7.11. The number of aromatic amines is 1. The number of esters is 1. The van der Waals surface area contributed by atoms with Crippen molar-refractivity contribution in [2.45, 2.75) is 38.8 Å². The van der Waals surface area contributed by atoms with E-state index in [0.29, 0.717) is 18.8 Å². The molecule has 8 heteroatoms. The molecule has 0 spiro atoms. The van der Waals surface area contributed by atoms with E-state index in [4.69, 9.17) is 9.47 Å². The van der Waals surface area contributed by atoms with Gasteiger partial charge in [0.15, 0.2) is 0 Å². The summed E-state index contributed by atoms with van der Waals surface area (Å²) in [5.41, 5.74) is 2.86. The van der Waals surface area contributed by atoms with E-state index < -0.39 is 11.7 Å². The minimum Gasteiger partial charge on any atom is -0.469 e. The number of anilines is 1. The van der Waals surface area contributed by atoms with E-state index in [1.165, 1.54) is 7.11 Å². The third-order valence-corrected chi connectivity index (χ3v) is 4.05. The van der Waals surface area contributed by atoms with Crippen molar-refractivity contribution in [1.29, 1.82) is 0 Å². The molecule has 0 saturated carbocycles. The molecule has 0 aliphatic carbocycles. The number of carbonyl (C=O) groups excluding carboxylic acids is 2. The fraction of sp³-hybridized carbons (Fsp3) is 0.444. The van der Waals surface area contributed by atoms with E-state index in [-0.39, 0.29) is 24.3 Å². The average molecular weight is 382 g/mol. The van der Waals surface area contributed by atoms with Crippen molar-refractivity contribution in [2.24, 2.45) is 0 Å². The van der Waals surface area contributed by atoms with E-state index in [0.717, 1.165) is 22.2 Å². The predicted octanol–water partition coefficient (Wildman–Crippen LogP) is 3.30. The Morgan fingerprint density at radius 3 is 2.65 bits per heavy atom. The number of hydrogen-bond donors (Lipinski definition) is 3. The number of hydrogen-bond acceptors (Lipinski definition) is 5. The molecule has 2 aromatic rings. The van der Waals surface area contributed by atoms with Gasteiger partial charge in [-0.15, -0.1) is 12.4 Å². The van der Waals surface area contributed by atoms with E-state index >= 15 is 0 Å². The molecule has 26 heavy (non-hydrogen) atoms. The normalized spacial score (nSPS) is 16.4. The zero-order valence-corrected chi connectivity index (χ0v) is 16.1. The maximum atomic E-state index is 12.1. The Labute approximate surface area is 158 Å². The van der Waals surface area contributed by atoms with Crippen molar-refractivity contribution < 1.29 is 19.1 Å². The van der Waals surface area contributed by atoms with E-state index in [1.54, 1.807) is 6.07 Å². The second-order valence-electron chi connectivity index (χ2n) is 7.11. The van der Waals surface area contributed by atoms with Gasteiger partial charge in [0, 0.05) is 35.4 Å². The first kappa shape index (κ1) is 20.1. The lowest BCUT2D eigenvalue weighted by atomic mass is 9.93. The van der Waals surface area contributed by atoms with Crippen LogP contribution in [0.2, 0.25) is 0 Å². The summed E-state index contributed by atoms with van der Waals surface area (Å²) in [6.45, 7) is 6.65. The van der Waals surface area contributed by atoms with Crippen LogP contribution in [0.25, 0.3) is 10.9 Å². The van der Waals surface area contributed by atoms with Crippen LogP contribution in [0.3, 0.4) is 0 Å². The lowest BCUT2D eigenvalue weighted by Crippen LogP contribution is -2.32. The van der Waals surface area contributed by atoms with Gasteiger partial charge in [0.1, 0.15) is 5.60 Å². The molecular formula is C18H24ClN3O4. The molecule has 1 atom stereocenters. The molecule has 1 unspecified atom stereocenters. The summed E-state index contributed by atoms with van der Waals surface area (Å²) in [7, 11) is 1.40. The summed E-state index contributed by atoms with van der Waals surface area (Å²) in [6, 6.07) is 5.54. The fourth-order valence-corrected chi connectivity index (χ4v) is 3.10. The number of amides is 1. The number of H-pyrrole nitrogens is 1. The van der Waals surface area contributed by atoms with Gasteiger partial charge in [0.25, 0.3) is 0 Å². The van der Waals surface area contributed by atoms with Gasteiger partial charge in [-0.1, -0.05) is 6.07 Å². The zero-order chi connectivity index (χ0) is 18.2. The van der Waals surface area contributed by atoms with Crippen LogP contribution in [-0.2, 0) is 20.8 Å². The van der Waals surface area contributed by atoms with Gasteiger partial charge in [-0.05, 0) is 38.5 Å². The molecule has 1 aliphatic rings. The van der Waals surface area contributed by atoms with Crippen molar-refractivity contribution in [3.05, 3.63) is 29.5 Å². The Kier molecular flexibility index (Phi) is 5.83. The van der Waals surface area contributed by atoms with Gasteiger partial charge in [-0.25, -0.2) is 4.79 Å². The minimum atomic E-state index is -0.556. The van der Waals surface area contributed by atoms with Gasteiger partial charge >= 0.3 is 12.1 Å². The summed E-state index contributed by atoms with van der Waals surface area (Å²) in [6.07, 6.45) is -0.503. The molecule has 3 rings (SSSR count). The van der Waals surface area contributed by atoms with Crippen molar-refractivity contribution in [2.75, 3.05) is 19.0 Å². The molecule has 1 amide bonds. The number of halogens is 1. The monoisotopic (exact) mass is 381 g/mol. The molecule has 0 fully saturated rings. The first-order chi connectivity index (χ1) is 11.8. The molecule has 0 saturated heterocycles. The lowest BCUT2D eigenvalue weighted by Gasteiger charge is -2.21. The Bertz CT molecular complexity index is 826. The number of carbonyl (C=O) groups is 2. The molecule has 0 bridgehead atoms. The molecule has 1 aromatic heterocycles. The van der Waals surface area contributed by atoms with Crippen molar-refractivity contribution in [3.8, 4) is 0 Å². The number of methoxy groups -OCH3 is 1. The Balaban J connectivity index is 0.00000243.